The second-order valence-electron chi connectivity index (χ2n) is 5.42. The Bertz CT molecular complexity index is 474. The Hall–Kier alpha value is -2.04. The van der Waals surface area contributed by atoms with Gasteiger partial charge in [0.1, 0.15) is 0 Å². The van der Waals surface area contributed by atoms with Gasteiger partial charge in [-0.25, -0.2) is 0 Å². The number of benzene rings is 1. The summed E-state index contributed by atoms with van der Waals surface area (Å²) in [6.07, 6.45) is 3.29. The number of nitrogens with zero attached hydrogens (tertiary/aromatic N) is 1. The van der Waals surface area contributed by atoms with E-state index in [1.54, 1.807) is 0 Å². The molecule has 0 bridgehead atoms. The van der Waals surface area contributed by atoms with E-state index < -0.39 is 0 Å². The first-order valence-electron chi connectivity index (χ1n) is 8.34. The Morgan fingerprint density at radius 1 is 1.22 bits per heavy atom. The molecule has 128 valence electrons. The summed E-state index contributed by atoms with van der Waals surface area (Å²) in [6, 6.07) is 10.5. The van der Waals surface area contributed by atoms with Crippen molar-refractivity contribution in [2.24, 2.45) is 4.99 Å². The molecule has 5 heteroatoms. The van der Waals surface area contributed by atoms with Gasteiger partial charge in [0.2, 0.25) is 0 Å². The Morgan fingerprint density at radius 3 is 2.61 bits per heavy atom. The molecule has 0 radical (unpaired) electrons. The topological polar surface area (TPSA) is 62.7 Å². The lowest BCUT2D eigenvalue weighted by atomic mass is 10.1. The summed E-state index contributed by atoms with van der Waals surface area (Å²) in [6.45, 7) is 5.76. The summed E-state index contributed by atoms with van der Waals surface area (Å²) >= 11 is 0. The van der Waals surface area contributed by atoms with E-state index in [2.05, 4.69) is 46.3 Å². The van der Waals surface area contributed by atoms with Gasteiger partial charge in [-0.3, -0.25) is 9.79 Å². The van der Waals surface area contributed by atoms with Gasteiger partial charge in [0.15, 0.2) is 5.96 Å². The summed E-state index contributed by atoms with van der Waals surface area (Å²) in [5.74, 6) is 0.692. The van der Waals surface area contributed by atoms with Crippen LogP contribution in [0.2, 0.25) is 0 Å². The fourth-order valence-electron chi connectivity index (χ4n) is 2.20. The molecule has 0 aliphatic carbocycles. The summed E-state index contributed by atoms with van der Waals surface area (Å²) in [5.41, 5.74) is 1.23. The second kappa shape index (κ2) is 11.5. The van der Waals surface area contributed by atoms with Gasteiger partial charge in [-0.15, -0.1) is 0 Å². The Labute approximate surface area is 139 Å². The summed E-state index contributed by atoms with van der Waals surface area (Å²) in [4.78, 5) is 15.6. The number of rotatable bonds is 9. The predicted molar refractivity (Wildman–Crippen MR) is 94.5 cm³/mol. The van der Waals surface area contributed by atoms with Gasteiger partial charge in [-0.2, -0.15) is 0 Å². The van der Waals surface area contributed by atoms with Gasteiger partial charge in [0.05, 0.1) is 13.2 Å². The molecule has 0 saturated heterocycles. The number of carbonyl (C=O) groups excluding carboxylic acids is 1. The summed E-state index contributed by atoms with van der Waals surface area (Å²) < 4.78 is 4.63. The number of unbranched alkanes of at least 4 members (excludes halogenated alkanes) is 2. The maximum absolute atomic E-state index is 11.0. The van der Waals surface area contributed by atoms with Gasteiger partial charge >= 0.3 is 5.97 Å². The molecule has 0 fully saturated rings. The van der Waals surface area contributed by atoms with Crippen LogP contribution in [0.15, 0.2) is 35.3 Å². The van der Waals surface area contributed by atoms with Crippen LogP contribution < -0.4 is 10.6 Å². The van der Waals surface area contributed by atoms with Crippen molar-refractivity contribution in [2.45, 2.75) is 45.6 Å². The molecule has 1 aromatic rings. The number of methoxy groups -OCH3 is 1. The minimum Gasteiger partial charge on any atom is -0.469 e. The normalized spacial score (nSPS) is 12.6. The number of esters is 1. The van der Waals surface area contributed by atoms with Crippen molar-refractivity contribution in [3.63, 3.8) is 0 Å². The lowest BCUT2D eigenvalue weighted by Gasteiger charge is -2.18. The Kier molecular flexibility index (Phi) is 9.52. The smallest absolute Gasteiger partial charge is 0.305 e. The number of hydrogen-bond donors (Lipinski definition) is 2. The predicted octanol–water partition coefficient (Wildman–Crippen LogP) is 3.04. The van der Waals surface area contributed by atoms with E-state index >= 15 is 0 Å². The van der Waals surface area contributed by atoms with Gasteiger partial charge in [-0.05, 0) is 32.3 Å². The molecular formula is C18H29N3O2. The van der Waals surface area contributed by atoms with Gasteiger partial charge in [0, 0.05) is 19.5 Å². The maximum Gasteiger partial charge on any atom is 0.305 e. The zero-order chi connectivity index (χ0) is 16.9. The van der Waals surface area contributed by atoms with E-state index in [9.17, 15) is 4.79 Å². The van der Waals surface area contributed by atoms with Crippen LogP contribution in [-0.2, 0) is 9.53 Å². The molecule has 0 aromatic heterocycles. The SMILES string of the molecule is CCNC(=NCCCCCC(=O)OC)NC(C)c1ccccc1. The molecule has 23 heavy (non-hydrogen) atoms. The van der Waals surface area contributed by atoms with E-state index in [4.69, 9.17) is 0 Å². The molecule has 1 rings (SSSR count). The highest BCUT2D eigenvalue weighted by Crippen LogP contribution is 2.10. The quantitative estimate of drug-likeness (QED) is 0.318. The number of guanidine groups is 1. The van der Waals surface area contributed by atoms with E-state index in [0.29, 0.717) is 6.42 Å². The van der Waals surface area contributed by atoms with Crippen molar-refractivity contribution in [1.82, 2.24) is 10.6 Å². The molecule has 5 nitrogen and oxygen atoms in total. The third-order valence-electron chi connectivity index (χ3n) is 3.53. The fourth-order valence-corrected chi connectivity index (χ4v) is 2.20. The highest BCUT2D eigenvalue weighted by atomic mass is 16.5. The first-order valence-corrected chi connectivity index (χ1v) is 8.34. The summed E-state index contributed by atoms with van der Waals surface area (Å²) in [5, 5.41) is 6.68. The highest BCUT2D eigenvalue weighted by molar-refractivity contribution is 5.80. The zero-order valence-corrected chi connectivity index (χ0v) is 14.5. The van der Waals surface area contributed by atoms with Crippen molar-refractivity contribution in [2.75, 3.05) is 20.2 Å². The molecule has 1 unspecified atom stereocenters. The van der Waals surface area contributed by atoms with Crippen molar-refractivity contribution < 1.29 is 9.53 Å². The number of ether oxygens (including phenoxy) is 1. The van der Waals surface area contributed by atoms with E-state index in [0.717, 1.165) is 38.3 Å². The van der Waals surface area contributed by atoms with Crippen molar-refractivity contribution in [3.8, 4) is 0 Å². The fraction of sp³-hybridized carbons (Fsp3) is 0.556. The van der Waals surface area contributed by atoms with Crippen molar-refractivity contribution >= 4 is 11.9 Å². The molecule has 1 aromatic carbocycles. The molecule has 2 N–H and O–H groups in total. The second-order valence-corrected chi connectivity index (χ2v) is 5.42. The molecule has 0 aliphatic rings. The van der Waals surface area contributed by atoms with Gasteiger partial charge < -0.3 is 15.4 Å². The van der Waals surface area contributed by atoms with Crippen molar-refractivity contribution in [1.29, 1.82) is 0 Å². The largest absolute Gasteiger partial charge is 0.469 e. The van der Waals surface area contributed by atoms with E-state index in [1.807, 2.05) is 18.2 Å². The third kappa shape index (κ3) is 8.24. The number of aliphatic imine (C=N–C) groups is 1. The minimum absolute atomic E-state index is 0.139. The Balaban J connectivity index is 2.37. The zero-order valence-electron chi connectivity index (χ0n) is 14.5. The van der Waals surface area contributed by atoms with Crippen LogP contribution in [-0.4, -0.2) is 32.1 Å². The Morgan fingerprint density at radius 2 is 1.96 bits per heavy atom. The molecule has 1 atom stereocenters. The van der Waals surface area contributed by atoms with Crippen LogP contribution in [0.4, 0.5) is 0 Å². The van der Waals surface area contributed by atoms with Crippen LogP contribution in [0, 0.1) is 0 Å². The van der Waals surface area contributed by atoms with Gasteiger partial charge in [-0.1, -0.05) is 36.8 Å². The average Bonchev–Trinajstić information content (AvgIpc) is 2.58. The number of hydrogen-bond acceptors (Lipinski definition) is 3. The van der Waals surface area contributed by atoms with Crippen LogP contribution in [0.1, 0.15) is 51.1 Å². The van der Waals surface area contributed by atoms with Crippen LogP contribution in [0.5, 0.6) is 0 Å². The number of carbonyl (C=O) groups is 1. The molecular weight excluding hydrogens is 290 g/mol. The molecule has 0 spiro atoms. The lowest BCUT2D eigenvalue weighted by molar-refractivity contribution is -0.140. The highest BCUT2D eigenvalue weighted by Gasteiger charge is 2.06. The lowest BCUT2D eigenvalue weighted by Crippen LogP contribution is -2.38. The summed E-state index contributed by atoms with van der Waals surface area (Å²) in [7, 11) is 1.43. The van der Waals surface area contributed by atoms with Crippen LogP contribution in [0.25, 0.3) is 0 Å². The maximum atomic E-state index is 11.0. The van der Waals surface area contributed by atoms with Gasteiger partial charge in [0.25, 0.3) is 0 Å². The monoisotopic (exact) mass is 319 g/mol. The third-order valence-corrected chi connectivity index (χ3v) is 3.53. The number of nitrogens with one attached hydrogen (secondary N) is 2. The molecule has 0 saturated carbocycles. The average molecular weight is 319 g/mol. The standard InChI is InChI=1S/C18H29N3O2/c1-4-19-18(20-14-10-6-9-13-17(22)23-3)21-15(2)16-11-7-5-8-12-16/h5,7-8,11-12,15H,4,6,9-10,13-14H2,1-3H3,(H2,19,20,21). The van der Waals surface area contributed by atoms with Crippen LogP contribution >= 0.6 is 0 Å². The van der Waals surface area contributed by atoms with E-state index in [1.165, 1.54) is 12.7 Å². The molecule has 0 aliphatic heterocycles. The first kappa shape index (κ1) is 19.0. The van der Waals surface area contributed by atoms with Crippen molar-refractivity contribution in [3.05, 3.63) is 35.9 Å². The molecule has 0 heterocycles. The van der Waals surface area contributed by atoms with E-state index in [-0.39, 0.29) is 12.0 Å². The van der Waals surface area contributed by atoms with Crippen LogP contribution in [0.3, 0.4) is 0 Å². The molecule has 0 amide bonds. The minimum atomic E-state index is -0.139. The first-order chi connectivity index (χ1) is 11.2.